The lowest BCUT2D eigenvalue weighted by Crippen LogP contribution is -2.37. The maximum atomic E-state index is 12.4. The number of ketones is 1. The first-order chi connectivity index (χ1) is 13.0. The highest BCUT2D eigenvalue weighted by molar-refractivity contribution is 6.42. The Labute approximate surface area is 165 Å². The molecule has 2 amide bonds. The molecule has 2 N–H and O–H groups in total. The Hall–Kier alpha value is -2.38. The highest BCUT2D eigenvalue weighted by Crippen LogP contribution is 2.32. The van der Waals surface area contributed by atoms with Gasteiger partial charge in [0.05, 0.1) is 34.7 Å². The lowest BCUT2D eigenvalue weighted by molar-refractivity contribution is -0.136. The van der Waals surface area contributed by atoms with Gasteiger partial charge in [0.2, 0.25) is 0 Å². The second-order valence-electron chi connectivity index (χ2n) is 6.28. The van der Waals surface area contributed by atoms with Crippen molar-refractivity contribution in [2.45, 2.75) is 31.8 Å². The van der Waals surface area contributed by atoms with Gasteiger partial charge in [-0.05, 0) is 37.5 Å². The molecule has 0 bridgehead atoms. The Morgan fingerprint density at radius 3 is 2.78 bits per heavy atom. The second-order valence-corrected chi connectivity index (χ2v) is 7.12. The number of halogens is 2. The largest absolute Gasteiger partial charge is 0.496 e. The zero-order valence-corrected chi connectivity index (χ0v) is 15.7. The van der Waals surface area contributed by atoms with E-state index >= 15 is 0 Å². The molecular formula is C18H17Cl2N3O4. The topological polar surface area (TPSA) is 96.9 Å². The van der Waals surface area contributed by atoms with Crippen LogP contribution in [0.15, 0.2) is 35.1 Å². The smallest absolute Gasteiger partial charge is 0.329 e. The molecule has 7 nitrogen and oxygen atoms in total. The van der Waals surface area contributed by atoms with Crippen molar-refractivity contribution in [2.24, 2.45) is 11.0 Å². The molecule has 1 fully saturated rings. The molecule has 0 spiro atoms. The van der Waals surface area contributed by atoms with E-state index in [1.807, 2.05) is 0 Å². The first-order valence-corrected chi connectivity index (χ1v) is 9.20. The molecule has 1 aromatic carbocycles. The van der Waals surface area contributed by atoms with Crippen LogP contribution in [0.25, 0.3) is 0 Å². The molecule has 1 saturated carbocycles. The molecule has 142 valence electrons. The molecule has 0 saturated heterocycles. The van der Waals surface area contributed by atoms with Crippen molar-refractivity contribution in [3.63, 3.8) is 0 Å². The van der Waals surface area contributed by atoms with Crippen LogP contribution in [0.2, 0.25) is 10.0 Å². The number of Topliss-reactive ketones (excluding diaryl/α,β-unsaturated/α-hetero) is 1. The summed E-state index contributed by atoms with van der Waals surface area (Å²) in [5, 5.41) is 6.61. The fourth-order valence-electron chi connectivity index (χ4n) is 3.07. The molecule has 1 aromatic rings. The van der Waals surface area contributed by atoms with Crippen molar-refractivity contribution >= 4 is 52.7 Å². The molecule has 1 aliphatic carbocycles. The molecule has 2 aliphatic rings. The number of carbonyl (C=O) groups excluding carboxylic acids is 3. The maximum Gasteiger partial charge on any atom is 0.329 e. The van der Waals surface area contributed by atoms with Gasteiger partial charge in [-0.3, -0.25) is 14.4 Å². The van der Waals surface area contributed by atoms with Crippen molar-refractivity contribution < 1.29 is 19.1 Å². The van der Waals surface area contributed by atoms with Gasteiger partial charge < -0.3 is 10.1 Å². The van der Waals surface area contributed by atoms with Crippen LogP contribution in [0.3, 0.4) is 0 Å². The van der Waals surface area contributed by atoms with Gasteiger partial charge in [-0.25, -0.2) is 5.43 Å². The monoisotopic (exact) mass is 409 g/mol. The third kappa shape index (κ3) is 4.67. The molecule has 2 atom stereocenters. The van der Waals surface area contributed by atoms with Gasteiger partial charge >= 0.3 is 11.8 Å². The average molecular weight is 410 g/mol. The number of ether oxygens (including phenoxy) is 1. The van der Waals surface area contributed by atoms with E-state index in [2.05, 4.69) is 15.8 Å². The molecule has 27 heavy (non-hydrogen) atoms. The van der Waals surface area contributed by atoms with E-state index in [4.69, 9.17) is 27.9 Å². The molecular weight excluding hydrogens is 393 g/mol. The minimum absolute atomic E-state index is 0.0564. The number of carbonyl (C=O) groups is 3. The Morgan fingerprint density at radius 2 is 1.96 bits per heavy atom. The number of anilines is 1. The van der Waals surface area contributed by atoms with Crippen LogP contribution in [0.4, 0.5) is 5.69 Å². The number of hydrogen-bond acceptors (Lipinski definition) is 5. The normalized spacial score (nSPS) is 21.9. The SMILES string of the molecule is O=C(N/N=C/C1=COC2CCCCC2C1=O)C(=O)Nc1cc(Cl)ccc1Cl. The predicted octanol–water partition coefficient (Wildman–Crippen LogP) is 3.08. The fourth-order valence-corrected chi connectivity index (χ4v) is 3.41. The maximum absolute atomic E-state index is 12.4. The molecule has 3 rings (SSSR count). The highest BCUT2D eigenvalue weighted by atomic mass is 35.5. The van der Waals surface area contributed by atoms with Crippen LogP contribution in [-0.4, -0.2) is 29.9 Å². The number of amides is 2. The zero-order chi connectivity index (χ0) is 19.4. The summed E-state index contributed by atoms with van der Waals surface area (Å²) < 4.78 is 5.58. The van der Waals surface area contributed by atoms with Crippen LogP contribution in [0, 0.1) is 5.92 Å². The number of benzene rings is 1. The van der Waals surface area contributed by atoms with Gasteiger partial charge in [-0.2, -0.15) is 5.10 Å². The number of fused-ring (bicyclic) bond motifs is 1. The minimum atomic E-state index is -1.01. The minimum Gasteiger partial charge on any atom is -0.496 e. The van der Waals surface area contributed by atoms with E-state index in [-0.39, 0.29) is 34.1 Å². The Bertz CT molecular complexity index is 838. The Balaban J connectivity index is 1.56. The third-order valence-electron chi connectivity index (χ3n) is 4.45. The standard InChI is InChI=1S/C18H17Cl2N3O4/c19-11-5-6-13(20)14(7-11)22-17(25)18(26)23-21-8-10-9-27-15-4-2-1-3-12(15)16(10)24/h5-9,12,15H,1-4H2,(H,22,25)(H,23,26)/b21-8+. The number of nitrogens with zero attached hydrogens (tertiary/aromatic N) is 1. The lowest BCUT2D eigenvalue weighted by atomic mass is 9.80. The quantitative estimate of drug-likeness (QED) is 0.455. The van der Waals surface area contributed by atoms with Crippen molar-refractivity contribution in [3.05, 3.63) is 40.1 Å². The number of hydrogen-bond donors (Lipinski definition) is 2. The van der Waals surface area contributed by atoms with Crippen LogP contribution < -0.4 is 10.7 Å². The van der Waals surface area contributed by atoms with Gasteiger partial charge in [0.1, 0.15) is 6.10 Å². The van der Waals surface area contributed by atoms with Crippen molar-refractivity contribution in [1.82, 2.24) is 5.43 Å². The average Bonchev–Trinajstić information content (AvgIpc) is 2.66. The van der Waals surface area contributed by atoms with Crippen molar-refractivity contribution in [3.8, 4) is 0 Å². The van der Waals surface area contributed by atoms with E-state index in [0.717, 1.165) is 25.7 Å². The molecule has 1 heterocycles. The van der Waals surface area contributed by atoms with Crippen molar-refractivity contribution in [1.29, 1.82) is 0 Å². The van der Waals surface area contributed by atoms with Crippen LogP contribution >= 0.6 is 23.2 Å². The van der Waals surface area contributed by atoms with Gasteiger partial charge in [0.15, 0.2) is 5.78 Å². The number of hydrazone groups is 1. The number of nitrogens with one attached hydrogen (secondary N) is 2. The van der Waals surface area contributed by atoms with Gasteiger partial charge in [0, 0.05) is 5.02 Å². The zero-order valence-electron chi connectivity index (χ0n) is 14.2. The molecule has 1 aliphatic heterocycles. The summed E-state index contributed by atoms with van der Waals surface area (Å²) in [6.45, 7) is 0. The molecule has 2 unspecified atom stereocenters. The molecule has 0 aromatic heterocycles. The van der Waals surface area contributed by atoms with E-state index in [1.54, 1.807) is 6.07 Å². The van der Waals surface area contributed by atoms with Gasteiger partial charge in [-0.15, -0.1) is 0 Å². The van der Waals surface area contributed by atoms with Gasteiger partial charge in [0.25, 0.3) is 0 Å². The van der Waals surface area contributed by atoms with Crippen LogP contribution in [0.1, 0.15) is 25.7 Å². The number of rotatable bonds is 3. The Morgan fingerprint density at radius 1 is 1.19 bits per heavy atom. The van der Waals surface area contributed by atoms with E-state index in [0.29, 0.717) is 5.02 Å². The third-order valence-corrected chi connectivity index (χ3v) is 5.01. The van der Waals surface area contributed by atoms with E-state index in [9.17, 15) is 14.4 Å². The first-order valence-electron chi connectivity index (χ1n) is 8.45. The molecule has 0 radical (unpaired) electrons. The van der Waals surface area contributed by atoms with Gasteiger partial charge in [-0.1, -0.05) is 29.6 Å². The molecule has 9 heteroatoms. The Kier molecular flexibility index (Phi) is 6.13. The lowest BCUT2D eigenvalue weighted by Gasteiger charge is -2.33. The summed E-state index contributed by atoms with van der Waals surface area (Å²) in [7, 11) is 0. The summed E-state index contributed by atoms with van der Waals surface area (Å²) in [6, 6.07) is 4.47. The fraction of sp³-hybridized carbons (Fsp3) is 0.333. The van der Waals surface area contributed by atoms with Crippen LogP contribution in [-0.2, 0) is 19.1 Å². The van der Waals surface area contributed by atoms with Crippen molar-refractivity contribution in [2.75, 3.05) is 5.32 Å². The summed E-state index contributed by atoms with van der Waals surface area (Å²) >= 11 is 11.8. The first kappa shape index (κ1) is 19.4. The highest BCUT2D eigenvalue weighted by Gasteiger charge is 2.36. The van der Waals surface area contributed by atoms with E-state index < -0.39 is 11.8 Å². The predicted molar refractivity (Wildman–Crippen MR) is 102 cm³/mol. The second kappa shape index (κ2) is 8.54. The summed E-state index contributed by atoms with van der Waals surface area (Å²) in [5.74, 6) is -2.21. The summed E-state index contributed by atoms with van der Waals surface area (Å²) in [5.41, 5.74) is 2.54. The summed E-state index contributed by atoms with van der Waals surface area (Å²) in [6.07, 6.45) is 6.15. The van der Waals surface area contributed by atoms with E-state index in [1.165, 1.54) is 24.6 Å². The van der Waals surface area contributed by atoms with Crippen LogP contribution in [0.5, 0.6) is 0 Å². The summed E-state index contributed by atoms with van der Waals surface area (Å²) in [4.78, 5) is 36.2. The number of allylic oxidation sites excluding steroid dienone is 1.